The number of rotatable bonds is 8. The number of methoxy groups -OCH3 is 1. The molecule has 0 heterocycles. The second-order valence-electron chi connectivity index (χ2n) is 9.25. The third-order valence-electron chi connectivity index (χ3n) is 4.74. The van der Waals surface area contributed by atoms with Gasteiger partial charge in [0.1, 0.15) is 6.61 Å². The van der Waals surface area contributed by atoms with Crippen LogP contribution < -0.4 is 14.8 Å². The summed E-state index contributed by atoms with van der Waals surface area (Å²) in [5.74, 6) is 1.54. The lowest BCUT2D eigenvalue weighted by Crippen LogP contribution is -2.42. The van der Waals surface area contributed by atoms with Gasteiger partial charge in [0.15, 0.2) is 11.5 Å². The van der Waals surface area contributed by atoms with Gasteiger partial charge in [-0.1, -0.05) is 61.0 Å². The molecule has 0 fully saturated rings. The van der Waals surface area contributed by atoms with Crippen LogP contribution in [0, 0.1) is 12.3 Å². The Kier molecular flexibility index (Phi) is 7.58. The summed E-state index contributed by atoms with van der Waals surface area (Å²) in [6.07, 6.45) is 1.07. The summed E-state index contributed by atoms with van der Waals surface area (Å²) in [4.78, 5) is 0. The summed E-state index contributed by atoms with van der Waals surface area (Å²) in [5.41, 5.74) is 3.74. The normalized spacial score (nSPS) is 12.1. The first-order chi connectivity index (χ1) is 13.0. The zero-order valence-corrected chi connectivity index (χ0v) is 19.9. The summed E-state index contributed by atoms with van der Waals surface area (Å²) in [6.45, 7) is 14.6. The molecular weight excluding hydrogens is 414 g/mol. The van der Waals surface area contributed by atoms with Gasteiger partial charge in [-0.15, -0.1) is 0 Å². The second kappa shape index (κ2) is 9.32. The Bertz CT molecular complexity index is 794. The minimum atomic E-state index is 0.00799. The van der Waals surface area contributed by atoms with Gasteiger partial charge in [-0.3, -0.25) is 0 Å². The smallest absolute Gasteiger partial charge is 0.167 e. The van der Waals surface area contributed by atoms with E-state index in [4.69, 9.17) is 9.47 Å². The van der Waals surface area contributed by atoms with Crippen molar-refractivity contribution in [3.63, 3.8) is 0 Å². The molecule has 154 valence electrons. The Morgan fingerprint density at radius 2 is 1.68 bits per heavy atom. The fraction of sp³-hybridized carbons (Fsp3) is 0.500. The van der Waals surface area contributed by atoms with Gasteiger partial charge in [0.05, 0.1) is 7.11 Å². The highest BCUT2D eigenvalue weighted by Crippen LogP contribution is 2.37. The summed E-state index contributed by atoms with van der Waals surface area (Å²) < 4.78 is 12.9. The lowest BCUT2D eigenvalue weighted by atomic mass is 9.81. The minimum absolute atomic E-state index is 0.00799. The molecule has 0 unspecified atom stereocenters. The molecular formula is C24H34BrNO2. The van der Waals surface area contributed by atoms with Crippen molar-refractivity contribution < 1.29 is 9.47 Å². The standard InChI is InChI=1S/C24H34BrNO2/c1-17-10-8-9-11-18(17)15-28-22-19(20(25)12-13-21(22)27-7)14-26-24(5,6)16-23(2,3)4/h8-13,26H,14-16H2,1-7H3. The van der Waals surface area contributed by atoms with Crippen LogP contribution >= 0.6 is 15.9 Å². The minimum Gasteiger partial charge on any atom is -0.493 e. The molecule has 0 aliphatic heterocycles. The molecule has 4 heteroatoms. The SMILES string of the molecule is COc1ccc(Br)c(CNC(C)(C)CC(C)(C)C)c1OCc1ccccc1C. The molecule has 0 aliphatic rings. The first kappa shape index (κ1) is 22.8. The topological polar surface area (TPSA) is 30.5 Å². The monoisotopic (exact) mass is 447 g/mol. The van der Waals surface area contributed by atoms with E-state index in [1.807, 2.05) is 24.3 Å². The van der Waals surface area contributed by atoms with E-state index in [2.05, 4.69) is 74.9 Å². The molecule has 0 saturated heterocycles. The molecule has 0 radical (unpaired) electrons. The predicted octanol–water partition coefficient (Wildman–Crippen LogP) is 6.65. The molecule has 2 rings (SSSR count). The van der Waals surface area contributed by atoms with Crippen LogP contribution in [-0.4, -0.2) is 12.6 Å². The summed E-state index contributed by atoms with van der Waals surface area (Å²) >= 11 is 3.70. The van der Waals surface area contributed by atoms with E-state index in [1.165, 1.54) is 11.1 Å². The summed E-state index contributed by atoms with van der Waals surface area (Å²) in [7, 11) is 1.69. The van der Waals surface area contributed by atoms with E-state index in [0.29, 0.717) is 13.2 Å². The molecule has 0 amide bonds. The highest BCUT2D eigenvalue weighted by molar-refractivity contribution is 9.10. The first-order valence-corrected chi connectivity index (χ1v) is 10.6. The van der Waals surface area contributed by atoms with E-state index in [0.717, 1.165) is 28.0 Å². The van der Waals surface area contributed by atoms with Gasteiger partial charge in [-0.2, -0.15) is 0 Å². The third kappa shape index (κ3) is 6.52. The zero-order valence-electron chi connectivity index (χ0n) is 18.3. The van der Waals surface area contributed by atoms with Crippen molar-refractivity contribution in [1.29, 1.82) is 0 Å². The van der Waals surface area contributed by atoms with Crippen molar-refractivity contribution in [2.45, 2.75) is 66.7 Å². The summed E-state index contributed by atoms with van der Waals surface area (Å²) in [6, 6.07) is 12.3. The Morgan fingerprint density at radius 1 is 1.00 bits per heavy atom. The van der Waals surface area contributed by atoms with E-state index in [-0.39, 0.29) is 11.0 Å². The van der Waals surface area contributed by atoms with Crippen LogP contribution in [0.4, 0.5) is 0 Å². The van der Waals surface area contributed by atoms with Gasteiger partial charge in [-0.25, -0.2) is 0 Å². The van der Waals surface area contributed by atoms with Gasteiger partial charge in [0, 0.05) is 22.1 Å². The average Bonchev–Trinajstić information content (AvgIpc) is 2.58. The molecule has 0 aliphatic carbocycles. The van der Waals surface area contributed by atoms with Crippen molar-refractivity contribution >= 4 is 15.9 Å². The molecule has 0 atom stereocenters. The Balaban J connectivity index is 2.24. The van der Waals surface area contributed by atoms with Crippen molar-refractivity contribution in [3.05, 3.63) is 57.6 Å². The lowest BCUT2D eigenvalue weighted by molar-refractivity contribution is 0.237. The van der Waals surface area contributed by atoms with Crippen molar-refractivity contribution in [1.82, 2.24) is 5.32 Å². The molecule has 0 bridgehead atoms. The summed E-state index contributed by atoms with van der Waals surface area (Å²) in [5, 5.41) is 3.71. The van der Waals surface area contributed by atoms with Crippen LogP contribution in [0.1, 0.15) is 57.7 Å². The third-order valence-corrected chi connectivity index (χ3v) is 5.48. The molecule has 3 nitrogen and oxygen atoms in total. The second-order valence-corrected chi connectivity index (χ2v) is 10.1. The van der Waals surface area contributed by atoms with Crippen LogP contribution in [0.25, 0.3) is 0 Å². The van der Waals surface area contributed by atoms with Crippen LogP contribution in [-0.2, 0) is 13.2 Å². The van der Waals surface area contributed by atoms with Gasteiger partial charge in [0.25, 0.3) is 0 Å². The van der Waals surface area contributed by atoms with Crippen molar-refractivity contribution in [3.8, 4) is 11.5 Å². The molecule has 2 aromatic carbocycles. The van der Waals surface area contributed by atoms with Gasteiger partial charge in [0.2, 0.25) is 0 Å². The molecule has 2 aromatic rings. The molecule has 0 saturated carbocycles. The maximum atomic E-state index is 6.28. The van der Waals surface area contributed by atoms with Crippen LogP contribution in [0.3, 0.4) is 0 Å². The van der Waals surface area contributed by atoms with Gasteiger partial charge in [-0.05, 0) is 55.9 Å². The van der Waals surface area contributed by atoms with E-state index in [9.17, 15) is 0 Å². The average molecular weight is 448 g/mol. The largest absolute Gasteiger partial charge is 0.493 e. The number of hydrogen-bond donors (Lipinski definition) is 1. The number of hydrogen-bond acceptors (Lipinski definition) is 3. The lowest BCUT2D eigenvalue weighted by Gasteiger charge is -2.34. The maximum Gasteiger partial charge on any atom is 0.167 e. The van der Waals surface area contributed by atoms with Gasteiger partial charge >= 0.3 is 0 Å². The fourth-order valence-electron chi connectivity index (χ4n) is 3.70. The Labute approximate surface area is 179 Å². The van der Waals surface area contributed by atoms with Crippen LogP contribution in [0.15, 0.2) is 40.9 Å². The Morgan fingerprint density at radius 3 is 2.29 bits per heavy atom. The molecule has 0 spiro atoms. The number of benzene rings is 2. The van der Waals surface area contributed by atoms with E-state index in [1.54, 1.807) is 7.11 Å². The molecule has 1 N–H and O–H groups in total. The first-order valence-electron chi connectivity index (χ1n) is 9.80. The molecule has 28 heavy (non-hydrogen) atoms. The quantitative estimate of drug-likeness (QED) is 0.491. The van der Waals surface area contributed by atoms with Gasteiger partial charge < -0.3 is 14.8 Å². The number of halogens is 1. The number of ether oxygens (including phenoxy) is 2. The predicted molar refractivity (Wildman–Crippen MR) is 121 cm³/mol. The van der Waals surface area contributed by atoms with Crippen LogP contribution in [0.5, 0.6) is 11.5 Å². The fourth-order valence-corrected chi connectivity index (χ4v) is 4.16. The van der Waals surface area contributed by atoms with Crippen LogP contribution in [0.2, 0.25) is 0 Å². The maximum absolute atomic E-state index is 6.28. The van der Waals surface area contributed by atoms with Crippen molar-refractivity contribution in [2.75, 3.05) is 7.11 Å². The Hall–Kier alpha value is -1.52. The highest BCUT2D eigenvalue weighted by Gasteiger charge is 2.26. The molecule has 0 aromatic heterocycles. The van der Waals surface area contributed by atoms with Crippen molar-refractivity contribution in [2.24, 2.45) is 5.41 Å². The highest BCUT2D eigenvalue weighted by atomic mass is 79.9. The van der Waals surface area contributed by atoms with E-state index < -0.39 is 0 Å². The number of aryl methyl sites for hydroxylation is 1. The number of nitrogens with one attached hydrogen (secondary N) is 1. The van der Waals surface area contributed by atoms with E-state index >= 15 is 0 Å². The zero-order chi connectivity index (χ0) is 20.9.